The molecule has 0 saturated carbocycles. The van der Waals surface area contributed by atoms with Gasteiger partial charge in [-0.25, -0.2) is 0 Å². The van der Waals surface area contributed by atoms with E-state index in [2.05, 4.69) is 26.0 Å². The zero-order valence-electron chi connectivity index (χ0n) is 7.73. The minimum atomic E-state index is 0.830. The third-order valence-corrected chi connectivity index (χ3v) is 3.97. The number of fused-ring (bicyclic) bond motifs is 1. The third-order valence-electron chi connectivity index (χ3n) is 2.32. The highest BCUT2D eigenvalue weighted by Gasteiger charge is 2.06. The maximum atomic E-state index is 5.95. The van der Waals surface area contributed by atoms with Crippen molar-refractivity contribution in [2.45, 2.75) is 20.3 Å². The van der Waals surface area contributed by atoms with Gasteiger partial charge in [0.05, 0.1) is 0 Å². The first-order valence-electron chi connectivity index (χ1n) is 4.40. The molecule has 0 N–H and O–H groups in total. The van der Waals surface area contributed by atoms with Crippen LogP contribution in [0.5, 0.6) is 0 Å². The van der Waals surface area contributed by atoms with E-state index in [1.807, 2.05) is 17.4 Å². The van der Waals surface area contributed by atoms with Crippen molar-refractivity contribution < 1.29 is 0 Å². The number of benzene rings is 1. The molecule has 0 bridgehead atoms. The van der Waals surface area contributed by atoms with Gasteiger partial charge in [0.15, 0.2) is 0 Å². The summed E-state index contributed by atoms with van der Waals surface area (Å²) < 4.78 is 1.35. The fraction of sp³-hybridized carbons (Fsp3) is 0.273. The summed E-state index contributed by atoms with van der Waals surface area (Å²) in [4.78, 5) is 1.47. The molecule has 0 fully saturated rings. The summed E-state index contributed by atoms with van der Waals surface area (Å²) in [5.74, 6) is 0. The van der Waals surface area contributed by atoms with E-state index in [0.29, 0.717) is 0 Å². The van der Waals surface area contributed by atoms with Crippen molar-refractivity contribution >= 4 is 33.0 Å². The highest BCUT2D eigenvalue weighted by Crippen LogP contribution is 2.32. The van der Waals surface area contributed by atoms with E-state index in [4.69, 9.17) is 11.6 Å². The van der Waals surface area contributed by atoms with Crippen molar-refractivity contribution in [3.63, 3.8) is 0 Å². The summed E-state index contributed by atoms with van der Waals surface area (Å²) in [6, 6.07) is 6.12. The molecule has 68 valence electrons. The lowest BCUT2D eigenvalue weighted by molar-refractivity contribution is 1.16. The smallest absolute Gasteiger partial charge is 0.0413 e. The maximum Gasteiger partial charge on any atom is 0.0413 e. The van der Waals surface area contributed by atoms with E-state index in [1.54, 1.807) is 0 Å². The lowest BCUT2D eigenvalue weighted by Crippen LogP contribution is -1.75. The van der Waals surface area contributed by atoms with Crippen molar-refractivity contribution in [3.05, 3.63) is 33.7 Å². The molecular formula is C11H11ClS. The standard InChI is InChI=1S/C11H11ClS/c1-3-10-7(2)9-6-8(12)4-5-11(9)13-10/h4-6H,3H2,1-2H3. The van der Waals surface area contributed by atoms with Gasteiger partial charge in [0, 0.05) is 14.6 Å². The van der Waals surface area contributed by atoms with Gasteiger partial charge in [0.25, 0.3) is 0 Å². The van der Waals surface area contributed by atoms with E-state index in [-0.39, 0.29) is 0 Å². The number of aryl methyl sites for hydroxylation is 2. The third kappa shape index (κ3) is 1.47. The first kappa shape index (κ1) is 9.04. The Morgan fingerprint density at radius 2 is 2.15 bits per heavy atom. The fourth-order valence-corrected chi connectivity index (χ4v) is 2.88. The second kappa shape index (κ2) is 3.32. The van der Waals surface area contributed by atoms with Gasteiger partial charge in [0.1, 0.15) is 0 Å². The van der Waals surface area contributed by atoms with Crippen molar-refractivity contribution in [1.82, 2.24) is 0 Å². The summed E-state index contributed by atoms with van der Waals surface area (Å²) in [7, 11) is 0. The Labute approximate surface area is 87.2 Å². The van der Waals surface area contributed by atoms with Crippen LogP contribution in [-0.2, 0) is 6.42 Å². The topological polar surface area (TPSA) is 0 Å². The average Bonchev–Trinajstić information content (AvgIpc) is 2.44. The lowest BCUT2D eigenvalue weighted by atomic mass is 10.1. The predicted octanol–water partition coefficient (Wildman–Crippen LogP) is 4.43. The van der Waals surface area contributed by atoms with Crippen molar-refractivity contribution in [2.75, 3.05) is 0 Å². The minimum Gasteiger partial charge on any atom is -0.140 e. The molecule has 0 aliphatic rings. The Kier molecular flexibility index (Phi) is 2.31. The predicted molar refractivity (Wildman–Crippen MR) is 61.0 cm³/mol. The average molecular weight is 211 g/mol. The number of rotatable bonds is 1. The molecule has 0 unspecified atom stereocenters. The first-order chi connectivity index (χ1) is 6.22. The molecule has 1 heterocycles. The largest absolute Gasteiger partial charge is 0.140 e. The zero-order chi connectivity index (χ0) is 9.42. The first-order valence-corrected chi connectivity index (χ1v) is 5.59. The molecule has 0 atom stereocenters. The number of thiophene rings is 1. The molecule has 1 aromatic heterocycles. The van der Waals surface area contributed by atoms with Crippen LogP contribution in [0.2, 0.25) is 5.02 Å². The van der Waals surface area contributed by atoms with E-state index < -0.39 is 0 Å². The van der Waals surface area contributed by atoms with Gasteiger partial charge in [-0.3, -0.25) is 0 Å². The normalized spacial score (nSPS) is 11.0. The van der Waals surface area contributed by atoms with Crippen molar-refractivity contribution in [2.24, 2.45) is 0 Å². The number of hydrogen-bond donors (Lipinski definition) is 0. The number of hydrogen-bond acceptors (Lipinski definition) is 1. The molecule has 2 rings (SSSR count). The second-order valence-corrected chi connectivity index (χ2v) is 4.72. The van der Waals surface area contributed by atoms with Gasteiger partial charge in [-0.05, 0) is 42.5 Å². The molecule has 0 aliphatic carbocycles. The monoisotopic (exact) mass is 210 g/mol. The van der Waals surface area contributed by atoms with Crippen LogP contribution >= 0.6 is 22.9 Å². The summed E-state index contributed by atoms with van der Waals surface area (Å²) in [5.41, 5.74) is 1.39. The molecule has 2 aromatic rings. The summed E-state index contributed by atoms with van der Waals surface area (Å²) in [5, 5.41) is 2.14. The molecular weight excluding hydrogens is 200 g/mol. The highest BCUT2D eigenvalue weighted by molar-refractivity contribution is 7.19. The molecule has 2 heteroatoms. The van der Waals surface area contributed by atoms with E-state index >= 15 is 0 Å². The molecule has 13 heavy (non-hydrogen) atoms. The molecule has 0 nitrogen and oxygen atoms in total. The van der Waals surface area contributed by atoms with Crippen molar-refractivity contribution in [3.8, 4) is 0 Å². The minimum absolute atomic E-state index is 0.830. The Morgan fingerprint density at radius 1 is 1.38 bits per heavy atom. The van der Waals surface area contributed by atoms with Gasteiger partial charge >= 0.3 is 0 Å². The van der Waals surface area contributed by atoms with E-state index in [1.165, 1.54) is 20.5 Å². The Morgan fingerprint density at radius 3 is 2.85 bits per heavy atom. The summed E-state index contributed by atoms with van der Waals surface area (Å²) in [6.45, 7) is 4.37. The van der Waals surface area contributed by atoms with Crippen molar-refractivity contribution in [1.29, 1.82) is 0 Å². The highest BCUT2D eigenvalue weighted by atomic mass is 35.5. The quantitative estimate of drug-likeness (QED) is 0.654. The van der Waals surface area contributed by atoms with Gasteiger partial charge in [-0.15, -0.1) is 11.3 Å². The Bertz CT molecular complexity index is 443. The zero-order valence-corrected chi connectivity index (χ0v) is 9.30. The Balaban J connectivity index is 2.77. The van der Waals surface area contributed by atoms with Crippen LogP contribution in [0.4, 0.5) is 0 Å². The SMILES string of the molecule is CCc1sc2ccc(Cl)cc2c1C. The molecule has 1 aromatic carbocycles. The van der Waals surface area contributed by atoms with Crippen LogP contribution in [0.15, 0.2) is 18.2 Å². The van der Waals surface area contributed by atoms with Crippen LogP contribution in [-0.4, -0.2) is 0 Å². The maximum absolute atomic E-state index is 5.95. The molecule has 0 radical (unpaired) electrons. The second-order valence-electron chi connectivity index (χ2n) is 3.14. The molecule has 0 spiro atoms. The fourth-order valence-electron chi connectivity index (χ4n) is 1.58. The van der Waals surface area contributed by atoms with E-state index in [9.17, 15) is 0 Å². The van der Waals surface area contributed by atoms with Crippen LogP contribution < -0.4 is 0 Å². The van der Waals surface area contributed by atoms with E-state index in [0.717, 1.165) is 11.4 Å². The molecule has 0 aliphatic heterocycles. The van der Waals surface area contributed by atoms with Gasteiger partial charge < -0.3 is 0 Å². The van der Waals surface area contributed by atoms with Gasteiger partial charge in [-0.1, -0.05) is 18.5 Å². The summed E-state index contributed by atoms with van der Waals surface area (Å²) >= 11 is 7.82. The van der Waals surface area contributed by atoms with Crippen LogP contribution in [0.25, 0.3) is 10.1 Å². The van der Waals surface area contributed by atoms with Crippen LogP contribution in [0.3, 0.4) is 0 Å². The lowest BCUT2D eigenvalue weighted by Gasteiger charge is -1.93. The Hall–Kier alpha value is -0.530. The molecule has 0 saturated heterocycles. The summed E-state index contributed by atoms with van der Waals surface area (Å²) in [6.07, 6.45) is 1.11. The molecule has 0 amide bonds. The van der Waals surface area contributed by atoms with Gasteiger partial charge in [0.2, 0.25) is 0 Å². The van der Waals surface area contributed by atoms with Crippen LogP contribution in [0.1, 0.15) is 17.4 Å². The van der Waals surface area contributed by atoms with Gasteiger partial charge in [-0.2, -0.15) is 0 Å². The number of halogens is 1. The van der Waals surface area contributed by atoms with Crippen LogP contribution in [0, 0.1) is 6.92 Å².